The monoisotopic (exact) mass is 300 g/mol. The van der Waals surface area contributed by atoms with Crippen molar-refractivity contribution < 1.29 is 19.4 Å². The van der Waals surface area contributed by atoms with Gasteiger partial charge in [-0.25, -0.2) is 0 Å². The number of unbranched alkanes of at least 4 members (excludes halogenated alkanes) is 3. The van der Waals surface area contributed by atoms with Crippen molar-refractivity contribution in [3.63, 3.8) is 0 Å². The summed E-state index contributed by atoms with van der Waals surface area (Å²) in [6, 6.07) is 0. The Morgan fingerprint density at radius 2 is 1.52 bits per heavy atom. The molecule has 0 aromatic heterocycles. The van der Waals surface area contributed by atoms with Gasteiger partial charge in [0.15, 0.2) is 5.41 Å². The molecule has 1 N–H and O–H groups in total. The molecule has 0 aliphatic carbocycles. The van der Waals surface area contributed by atoms with Gasteiger partial charge in [0.1, 0.15) is 0 Å². The van der Waals surface area contributed by atoms with Crippen LogP contribution in [0.4, 0.5) is 0 Å². The number of carboxylic acids is 1. The molecule has 0 bridgehead atoms. The molecule has 0 rings (SSSR count). The van der Waals surface area contributed by atoms with Gasteiger partial charge in [0, 0.05) is 0 Å². The third kappa shape index (κ3) is 6.96. The Morgan fingerprint density at radius 3 is 1.90 bits per heavy atom. The molecule has 0 aromatic rings. The lowest BCUT2D eigenvalue weighted by molar-refractivity contribution is -0.172. The maximum absolute atomic E-state index is 12.4. The Kier molecular flexibility index (Phi) is 9.31. The lowest BCUT2D eigenvalue weighted by Crippen LogP contribution is -2.43. The number of ether oxygens (including phenoxy) is 1. The zero-order valence-corrected chi connectivity index (χ0v) is 14.3. The van der Waals surface area contributed by atoms with Gasteiger partial charge < -0.3 is 9.84 Å². The first-order chi connectivity index (χ1) is 9.76. The normalized spacial score (nSPS) is 12.0. The smallest absolute Gasteiger partial charge is 0.323 e. The van der Waals surface area contributed by atoms with Gasteiger partial charge in [0.2, 0.25) is 0 Å². The largest absolute Gasteiger partial charge is 0.480 e. The molecule has 124 valence electrons. The summed E-state index contributed by atoms with van der Waals surface area (Å²) in [5.74, 6) is -1.35. The van der Waals surface area contributed by atoms with E-state index in [1.807, 2.05) is 27.7 Å². The SMILES string of the molecule is CCCCCCOC(=O)C(CC(C)C)(CC(C)C)C(=O)O. The highest BCUT2D eigenvalue weighted by molar-refractivity contribution is 5.99. The lowest BCUT2D eigenvalue weighted by Gasteiger charge is -2.30. The molecule has 0 saturated heterocycles. The van der Waals surface area contributed by atoms with Crippen LogP contribution in [0.5, 0.6) is 0 Å². The van der Waals surface area contributed by atoms with Crippen LogP contribution in [0.3, 0.4) is 0 Å². The molecule has 0 aliphatic heterocycles. The summed E-state index contributed by atoms with van der Waals surface area (Å²) in [6.07, 6.45) is 4.70. The predicted octanol–water partition coefficient (Wildman–Crippen LogP) is 4.27. The van der Waals surface area contributed by atoms with Crippen molar-refractivity contribution in [1.82, 2.24) is 0 Å². The summed E-state index contributed by atoms with van der Waals surface area (Å²) in [7, 11) is 0. The van der Waals surface area contributed by atoms with Crippen LogP contribution in [0.2, 0.25) is 0 Å². The standard InChI is InChI=1S/C17H32O4/c1-6-7-8-9-10-21-16(20)17(15(18)19,11-13(2)3)12-14(4)5/h13-14H,6-12H2,1-5H3,(H,18,19). The van der Waals surface area contributed by atoms with E-state index in [0.29, 0.717) is 19.4 Å². The fourth-order valence-corrected chi connectivity index (χ4v) is 2.74. The van der Waals surface area contributed by atoms with Crippen LogP contribution in [-0.4, -0.2) is 23.7 Å². The molecule has 0 fully saturated rings. The molecule has 0 atom stereocenters. The van der Waals surface area contributed by atoms with Gasteiger partial charge in [-0.1, -0.05) is 53.9 Å². The summed E-state index contributed by atoms with van der Waals surface area (Å²) in [5.41, 5.74) is -1.40. The van der Waals surface area contributed by atoms with E-state index < -0.39 is 17.4 Å². The number of esters is 1. The highest BCUT2D eigenvalue weighted by Gasteiger charge is 2.48. The maximum atomic E-state index is 12.4. The highest BCUT2D eigenvalue weighted by Crippen LogP contribution is 2.35. The van der Waals surface area contributed by atoms with Crippen molar-refractivity contribution in [2.45, 2.75) is 73.1 Å². The average molecular weight is 300 g/mol. The zero-order valence-electron chi connectivity index (χ0n) is 14.3. The minimum atomic E-state index is -1.40. The molecule has 4 nitrogen and oxygen atoms in total. The quantitative estimate of drug-likeness (QED) is 0.351. The molecule has 0 spiro atoms. The van der Waals surface area contributed by atoms with Crippen molar-refractivity contribution in [3.05, 3.63) is 0 Å². The number of rotatable bonds is 11. The topological polar surface area (TPSA) is 63.6 Å². The summed E-state index contributed by atoms with van der Waals surface area (Å²) in [4.78, 5) is 24.2. The third-order valence-electron chi connectivity index (χ3n) is 3.54. The molecular formula is C17H32O4. The van der Waals surface area contributed by atoms with E-state index in [4.69, 9.17) is 4.74 Å². The number of carboxylic acid groups (broad SMARTS) is 1. The van der Waals surface area contributed by atoms with E-state index in [-0.39, 0.29) is 11.8 Å². The zero-order chi connectivity index (χ0) is 16.5. The first-order valence-electron chi connectivity index (χ1n) is 8.16. The van der Waals surface area contributed by atoms with Gasteiger partial charge in [-0.05, 0) is 31.1 Å². The Hall–Kier alpha value is -1.06. The number of hydrogen-bond donors (Lipinski definition) is 1. The molecule has 0 aliphatic rings. The van der Waals surface area contributed by atoms with Crippen LogP contribution in [0, 0.1) is 17.3 Å². The minimum Gasteiger partial charge on any atom is -0.480 e. The van der Waals surface area contributed by atoms with Crippen molar-refractivity contribution in [3.8, 4) is 0 Å². The van der Waals surface area contributed by atoms with Gasteiger partial charge in [-0.2, -0.15) is 0 Å². The van der Waals surface area contributed by atoms with Gasteiger partial charge in [0.05, 0.1) is 6.61 Å². The van der Waals surface area contributed by atoms with E-state index in [2.05, 4.69) is 6.92 Å². The second kappa shape index (κ2) is 9.80. The average Bonchev–Trinajstić information content (AvgIpc) is 2.35. The van der Waals surface area contributed by atoms with Crippen LogP contribution in [0.1, 0.15) is 73.1 Å². The molecule has 0 unspecified atom stereocenters. The summed E-state index contributed by atoms with van der Waals surface area (Å²) in [6.45, 7) is 10.2. The fourth-order valence-electron chi connectivity index (χ4n) is 2.74. The van der Waals surface area contributed by atoms with E-state index >= 15 is 0 Å². The first-order valence-corrected chi connectivity index (χ1v) is 8.16. The van der Waals surface area contributed by atoms with Crippen LogP contribution in [-0.2, 0) is 14.3 Å². The van der Waals surface area contributed by atoms with E-state index in [1.54, 1.807) is 0 Å². The van der Waals surface area contributed by atoms with Crippen LogP contribution in [0.25, 0.3) is 0 Å². The van der Waals surface area contributed by atoms with E-state index in [9.17, 15) is 14.7 Å². The molecular weight excluding hydrogens is 268 g/mol. The molecule has 0 aromatic carbocycles. The van der Waals surface area contributed by atoms with Crippen molar-refractivity contribution >= 4 is 11.9 Å². The number of carbonyl (C=O) groups is 2. The predicted molar refractivity (Wildman–Crippen MR) is 84.1 cm³/mol. The van der Waals surface area contributed by atoms with Crippen LogP contribution in [0.15, 0.2) is 0 Å². The van der Waals surface area contributed by atoms with Gasteiger partial charge in [-0.15, -0.1) is 0 Å². The summed E-state index contributed by atoms with van der Waals surface area (Å²) < 4.78 is 5.30. The molecule has 0 saturated carbocycles. The molecule has 0 radical (unpaired) electrons. The minimum absolute atomic E-state index is 0.132. The Balaban J connectivity index is 4.83. The Labute approximate surface area is 129 Å². The van der Waals surface area contributed by atoms with Crippen molar-refractivity contribution in [1.29, 1.82) is 0 Å². The molecule has 0 amide bonds. The fraction of sp³-hybridized carbons (Fsp3) is 0.882. The second-order valence-electron chi connectivity index (χ2n) is 6.78. The summed E-state index contributed by atoms with van der Waals surface area (Å²) >= 11 is 0. The molecule has 21 heavy (non-hydrogen) atoms. The highest BCUT2D eigenvalue weighted by atomic mass is 16.5. The third-order valence-corrected chi connectivity index (χ3v) is 3.54. The van der Waals surface area contributed by atoms with Crippen molar-refractivity contribution in [2.75, 3.05) is 6.61 Å². The Morgan fingerprint density at radius 1 is 1.00 bits per heavy atom. The van der Waals surface area contributed by atoms with Gasteiger partial charge in [0.25, 0.3) is 0 Å². The van der Waals surface area contributed by atoms with Gasteiger partial charge >= 0.3 is 11.9 Å². The maximum Gasteiger partial charge on any atom is 0.323 e. The van der Waals surface area contributed by atoms with E-state index in [1.165, 1.54) is 0 Å². The number of aliphatic carboxylic acids is 1. The van der Waals surface area contributed by atoms with E-state index in [0.717, 1.165) is 25.7 Å². The summed E-state index contributed by atoms with van der Waals surface area (Å²) in [5, 5.41) is 9.63. The number of carbonyl (C=O) groups excluding carboxylic acids is 1. The van der Waals surface area contributed by atoms with Crippen LogP contribution >= 0.6 is 0 Å². The molecule has 4 heteroatoms. The number of hydrogen-bond acceptors (Lipinski definition) is 3. The lowest BCUT2D eigenvalue weighted by atomic mass is 9.74. The second-order valence-corrected chi connectivity index (χ2v) is 6.78. The van der Waals surface area contributed by atoms with Gasteiger partial charge in [-0.3, -0.25) is 9.59 Å². The molecule has 0 heterocycles. The Bertz CT molecular complexity index is 311. The van der Waals surface area contributed by atoms with Crippen molar-refractivity contribution in [2.24, 2.45) is 17.3 Å². The van der Waals surface area contributed by atoms with Crippen LogP contribution < -0.4 is 0 Å². The first kappa shape index (κ1) is 19.9.